The number of rotatable bonds is 5. The zero-order valence-electron chi connectivity index (χ0n) is 13.2. The zero-order chi connectivity index (χ0) is 17.1. The number of aryl methyl sites for hydroxylation is 2. The second-order valence-corrected chi connectivity index (χ2v) is 5.22. The van der Waals surface area contributed by atoms with E-state index >= 15 is 0 Å². The van der Waals surface area contributed by atoms with E-state index in [1.165, 1.54) is 0 Å². The Labute approximate surface area is 132 Å². The molecule has 1 amide bonds. The number of aromatic carboxylic acids is 1. The molecule has 0 spiro atoms. The van der Waals surface area contributed by atoms with Gasteiger partial charge >= 0.3 is 5.97 Å². The smallest absolute Gasteiger partial charge is 0.335 e. The summed E-state index contributed by atoms with van der Waals surface area (Å²) >= 11 is 0. The molecule has 2 aromatic rings. The van der Waals surface area contributed by atoms with Gasteiger partial charge in [0.15, 0.2) is 0 Å². The predicted molar refractivity (Wildman–Crippen MR) is 83.3 cm³/mol. The lowest BCUT2D eigenvalue weighted by Gasteiger charge is -2.08. The molecule has 0 unspecified atom stereocenters. The molecule has 0 saturated heterocycles. The van der Waals surface area contributed by atoms with Crippen LogP contribution in [0.2, 0.25) is 0 Å². The summed E-state index contributed by atoms with van der Waals surface area (Å²) in [5.41, 5.74) is 1.34. The average molecular weight is 319 g/mol. The van der Waals surface area contributed by atoms with Crippen molar-refractivity contribution in [3.63, 3.8) is 0 Å². The first-order chi connectivity index (χ1) is 10.8. The second kappa shape index (κ2) is 6.60. The van der Waals surface area contributed by atoms with Crippen molar-refractivity contribution >= 4 is 17.6 Å². The molecule has 1 heterocycles. The molecule has 0 aliphatic heterocycles. The van der Waals surface area contributed by atoms with Gasteiger partial charge in [0.1, 0.15) is 5.82 Å². The number of halogens is 1. The Kier molecular flexibility index (Phi) is 4.78. The molecule has 0 aliphatic rings. The van der Waals surface area contributed by atoms with E-state index in [9.17, 15) is 14.0 Å². The Balaban J connectivity index is 2.33. The molecule has 2 rings (SSSR count). The maximum Gasteiger partial charge on any atom is 0.335 e. The molecule has 7 heteroatoms. The van der Waals surface area contributed by atoms with Crippen LogP contribution in [0.4, 0.5) is 10.1 Å². The van der Waals surface area contributed by atoms with Crippen molar-refractivity contribution < 1.29 is 19.1 Å². The van der Waals surface area contributed by atoms with Crippen LogP contribution in [0.5, 0.6) is 0 Å². The summed E-state index contributed by atoms with van der Waals surface area (Å²) in [4.78, 5) is 23.4. The summed E-state index contributed by atoms with van der Waals surface area (Å²) in [7, 11) is 0. The van der Waals surface area contributed by atoms with Crippen molar-refractivity contribution in [2.75, 3.05) is 5.32 Å². The molecule has 0 saturated carbocycles. The van der Waals surface area contributed by atoms with Gasteiger partial charge in [0.05, 0.1) is 22.5 Å². The van der Waals surface area contributed by atoms with Crippen molar-refractivity contribution in [2.45, 2.75) is 33.7 Å². The van der Waals surface area contributed by atoms with Gasteiger partial charge in [-0.25, -0.2) is 9.18 Å². The molecule has 0 radical (unpaired) electrons. The Morgan fingerprint density at radius 2 is 2.04 bits per heavy atom. The number of carbonyl (C=O) groups excluding carboxylic acids is 1. The largest absolute Gasteiger partial charge is 0.478 e. The monoisotopic (exact) mass is 319 g/mol. The highest BCUT2D eigenvalue weighted by molar-refractivity contribution is 6.06. The van der Waals surface area contributed by atoms with Gasteiger partial charge in [0, 0.05) is 12.2 Å². The minimum Gasteiger partial charge on any atom is -0.478 e. The number of carbonyl (C=O) groups is 2. The van der Waals surface area contributed by atoms with Crippen LogP contribution < -0.4 is 5.32 Å². The molecule has 1 aromatic heterocycles. The van der Waals surface area contributed by atoms with Gasteiger partial charge in [-0.05, 0) is 38.5 Å². The molecular weight excluding hydrogens is 301 g/mol. The van der Waals surface area contributed by atoms with E-state index in [0.29, 0.717) is 23.5 Å². The second-order valence-electron chi connectivity index (χ2n) is 5.22. The fraction of sp³-hybridized carbons (Fsp3) is 0.312. The first kappa shape index (κ1) is 16.7. The van der Waals surface area contributed by atoms with E-state index in [-0.39, 0.29) is 11.3 Å². The van der Waals surface area contributed by atoms with Crippen molar-refractivity contribution in [3.8, 4) is 0 Å². The molecule has 2 N–H and O–H groups in total. The fourth-order valence-electron chi connectivity index (χ4n) is 2.39. The van der Waals surface area contributed by atoms with Crippen LogP contribution in [0.15, 0.2) is 18.2 Å². The fourth-order valence-corrected chi connectivity index (χ4v) is 2.39. The quantitative estimate of drug-likeness (QED) is 0.887. The lowest BCUT2D eigenvalue weighted by atomic mass is 10.1. The van der Waals surface area contributed by atoms with Gasteiger partial charge in [0.25, 0.3) is 5.91 Å². The summed E-state index contributed by atoms with van der Waals surface area (Å²) in [5.74, 6) is -2.40. The lowest BCUT2D eigenvalue weighted by Crippen LogP contribution is -2.16. The van der Waals surface area contributed by atoms with Gasteiger partial charge in [-0.2, -0.15) is 5.10 Å². The minimum atomic E-state index is -1.19. The number of anilines is 1. The van der Waals surface area contributed by atoms with E-state index in [0.717, 1.165) is 24.6 Å². The van der Waals surface area contributed by atoms with Gasteiger partial charge in [-0.15, -0.1) is 0 Å². The van der Waals surface area contributed by atoms with Crippen molar-refractivity contribution in [2.24, 2.45) is 0 Å². The molecule has 0 bridgehead atoms. The Bertz CT molecular complexity index is 768. The van der Waals surface area contributed by atoms with Crippen LogP contribution in [0.1, 0.15) is 45.4 Å². The summed E-state index contributed by atoms with van der Waals surface area (Å²) < 4.78 is 15.5. The molecule has 6 nitrogen and oxygen atoms in total. The molecule has 23 heavy (non-hydrogen) atoms. The Morgan fingerprint density at radius 1 is 1.35 bits per heavy atom. The topological polar surface area (TPSA) is 84.2 Å². The highest BCUT2D eigenvalue weighted by Crippen LogP contribution is 2.20. The number of nitrogens with zero attached hydrogens (tertiary/aromatic N) is 2. The SMILES string of the molecule is CCCn1nc(C)c(C(=O)Nc2cc(C(=O)O)ccc2F)c1C. The minimum absolute atomic E-state index is 0.100. The van der Waals surface area contributed by atoms with Gasteiger partial charge in [-0.1, -0.05) is 6.92 Å². The van der Waals surface area contributed by atoms with E-state index in [1.54, 1.807) is 18.5 Å². The van der Waals surface area contributed by atoms with Crippen molar-refractivity contribution in [1.29, 1.82) is 0 Å². The number of amides is 1. The third-order valence-electron chi connectivity index (χ3n) is 3.51. The van der Waals surface area contributed by atoms with E-state index in [2.05, 4.69) is 10.4 Å². The summed E-state index contributed by atoms with van der Waals surface area (Å²) in [6.45, 7) is 6.17. The van der Waals surface area contributed by atoms with Crippen LogP contribution in [-0.4, -0.2) is 26.8 Å². The summed E-state index contributed by atoms with van der Waals surface area (Å²) in [6, 6.07) is 3.25. The maximum atomic E-state index is 13.8. The lowest BCUT2D eigenvalue weighted by molar-refractivity contribution is 0.0696. The number of nitrogens with one attached hydrogen (secondary N) is 1. The average Bonchev–Trinajstić information content (AvgIpc) is 2.76. The molecule has 0 aliphatic carbocycles. The normalized spacial score (nSPS) is 10.6. The van der Waals surface area contributed by atoms with Crippen LogP contribution in [0.3, 0.4) is 0 Å². The number of carboxylic acid groups (broad SMARTS) is 1. The molecule has 1 aromatic carbocycles. The van der Waals surface area contributed by atoms with Crippen molar-refractivity contribution in [3.05, 3.63) is 46.5 Å². The molecule has 122 valence electrons. The van der Waals surface area contributed by atoms with Gasteiger partial charge in [0.2, 0.25) is 0 Å². The third kappa shape index (κ3) is 3.39. The zero-order valence-corrected chi connectivity index (χ0v) is 13.2. The Morgan fingerprint density at radius 3 is 2.65 bits per heavy atom. The molecular formula is C16H18FN3O3. The van der Waals surface area contributed by atoms with Gasteiger partial charge < -0.3 is 10.4 Å². The van der Waals surface area contributed by atoms with Crippen molar-refractivity contribution in [1.82, 2.24) is 9.78 Å². The standard InChI is InChI=1S/C16H18FN3O3/c1-4-7-20-10(3)14(9(2)19-20)15(21)18-13-8-11(16(22)23)5-6-12(13)17/h5-6,8H,4,7H2,1-3H3,(H,18,21)(H,22,23). The molecule has 0 atom stereocenters. The van der Waals surface area contributed by atoms with Crippen LogP contribution in [0, 0.1) is 19.7 Å². The number of benzene rings is 1. The first-order valence-electron chi connectivity index (χ1n) is 7.23. The van der Waals surface area contributed by atoms with Crippen LogP contribution in [-0.2, 0) is 6.54 Å². The van der Waals surface area contributed by atoms with E-state index < -0.39 is 17.7 Å². The van der Waals surface area contributed by atoms with Crippen LogP contribution in [0.25, 0.3) is 0 Å². The number of hydrogen-bond acceptors (Lipinski definition) is 3. The van der Waals surface area contributed by atoms with E-state index in [4.69, 9.17) is 5.11 Å². The number of carboxylic acids is 1. The number of hydrogen-bond donors (Lipinski definition) is 2. The van der Waals surface area contributed by atoms with E-state index in [1.807, 2.05) is 6.92 Å². The number of aromatic nitrogens is 2. The maximum absolute atomic E-state index is 13.8. The summed E-state index contributed by atoms with van der Waals surface area (Å²) in [5, 5.41) is 15.7. The Hall–Kier alpha value is -2.70. The third-order valence-corrected chi connectivity index (χ3v) is 3.51. The summed E-state index contributed by atoms with van der Waals surface area (Å²) in [6.07, 6.45) is 0.873. The predicted octanol–water partition coefficient (Wildman–Crippen LogP) is 3.00. The van der Waals surface area contributed by atoms with Crippen LogP contribution >= 0.6 is 0 Å². The first-order valence-corrected chi connectivity index (χ1v) is 7.23. The highest BCUT2D eigenvalue weighted by atomic mass is 19.1. The molecule has 0 fully saturated rings. The van der Waals surface area contributed by atoms with Gasteiger partial charge in [-0.3, -0.25) is 9.48 Å². The highest BCUT2D eigenvalue weighted by Gasteiger charge is 2.20.